The highest BCUT2D eigenvalue weighted by atomic mass is 35.6. The molecule has 0 heterocycles. The Bertz CT molecular complexity index is 1210. The highest BCUT2D eigenvalue weighted by Gasteiger charge is 2.22. The van der Waals surface area contributed by atoms with Crippen molar-refractivity contribution < 1.29 is 0 Å². The van der Waals surface area contributed by atoms with Gasteiger partial charge in [-0.15, -0.1) is 0 Å². The summed E-state index contributed by atoms with van der Waals surface area (Å²) in [4.78, 5) is 0. The second-order valence-corrected chi connectivity index (χ2v) is 9.51. The van der Waals surface area contributed by atoms with E-state index in [2.05, 4.69) is 60.4 Å². The number of hydrogen-bond acceptors (Lipinski definition) is 0. The lowest BCUT2D eigenvalue weighted by Crippen LogP contribution is -2.00. The zero-order chi connectivity index (χ0) is 21.0. The molecule has 4 rings (SSSR count). The van der Waals surface area contributed by atoms with Gasteiger partial charge in [0.05, 0.1) is 0 Å². The Morgan fingerprint density at radius 3 is 2.07 bits per heavy atom. The second kappa shape index (κ2) is 9.15. The highest BCUT2D eigenvalue weighted by Crippen LogP contribution is 2.38. The summed E-state index contributed by atoms with van der Waals surface area (Å²) < 4.78 is -1.39. The third-order valence-electron chi connectivity index (χ3n) is 4.96. The summed E-state index contributed by atoms with van der Waals surface area (Å²) in [7, 11) is 0. The number of hydrogen-bond donors (Lipinski definition) is 0. The number of fused-ring (bicyclic) bond motifs is 1. The van der Waals surface area contributed by atoms with Gasteiger partial charge >= 0.3 is 0 Å². The third-order valence-corrected chi connectivity index (χ3v) is 5.62. The molecule has 3 heteroatoms. The lowest BCUT2D eigenvalue weighted by molar-refractivity contribution is 1.17. The fourth-order valence-corrected chi connectivity index (χ4v) is 3.75. The quantitative estimate of drug-likeness (QED) is 0.221. The molecule has 0 bridgehead atoms. The summed E-state index contributed by atoms with van der Waals surface area (Å²) in [6, 6.07) is 30.9. The summed E-state index contributed by atoms with van der Waals surface area (Å²) in [5, 5.41) is 2.40. The van der Waals surface area contributed by atoms with Gasteiger partial charge in [0, 0.05) is 17.5 Å². The van der Waals surface area contributed by atoms with Crippen LogP contribution in [-0.2, 0) is 16.6 Å². The fraction of sp³-hybridized carbons (Fsp3) is 0.111. The molecule has 148 valence electrons. The van der Waals surface area contributed by atoms with E-state index in [0.717, 1.165) is 18.4 Å². The minimum atomic E-state index is -1.39. The van der Waals surface area contributed by atoms with E-state index in [4.69, 9.17) is 34.8 Å². The molecule has 0 aliphatic heterocycles. The Labute approximate surface area is 192 Å². The minimum absolute atomic E-state index is 0.675. The van der Waals surface area contributed by atoms with Gasteiger partial charge in [-0.1, -0.05) is 126 Å². The highest BCUT2D eigenvalue weighted by molar-refractivity contribution is 6.66. The van der Waals surface area contributed by atoms with Gasteiger partial charge in [-0.25, -0.2) is 0 Å². The number of alkyl halides is 3. The summed E-state index contributed by atoms with van der Waals surface area (Å²) >= 11 is 17.8. The molecule has 0 amide bonds. The van der Waals surface area contributed by atoms with Crippen molar-refractivity contribution >= 4 is 45.6 Å². The Kier molecular flexibility index (Phi) is 6.35. The van der Waals surface area contributed by atoms with Crippen LogP contribution in [0, 0.1) is 11.8 Å². The largest absolute Gasteiger partial charge is 0.216 e. The molecule has 0 nitrogen and oxygen atoms in total. The zero-order valence-corrected chi connectivity index (χ0v) is 18.5. The molecule has 0 unspecified atom stereocenters. The van der Waals surface area contributed by atoms with Crippen molar-refractivity contribution in [3.05, 3.63) is 119 Å². The molecule has 0 aliphatic rings. The molecule has 0 aromatic heterocycles. The smallest absolute Gasteiger partial charge is 0.0931 e. The van der Waals surface area contributed by atoms with Crippen LogP contribution in [0.15, 0.2) is 91.0 Å². The van der Waals surface area contributed by atoms with Crippen molar-refractivity contribution in [1.82, 2.24) is 0 Å². The van der Waals surface area contributed by atoms with Gasteiger partial charge in [0.1, 0.15) is 0 Å². The molecule has 4 aromatic carbocycles. The predicted octanol–water partition coefficient (Wildman–Crippen LogP) is 7.85. The molecule has 30 heavy (non-hydrogen) atoms. The van der Waals surface area contributed by atoms with Gasteiger partial charge in [0.15, 0.2) is 0 Å². The monoisotopic (exact) mass is 448 g/mol. The van der Waals surface area contributed by atoms with Crippen molar-refractivity contribution in [3.8, 4) is 11.8 Å². The average molecular weight is 450 g/mol. The van der Waals surface area contributed by atoms with Crippen LogP contribution in [-0.4, -0.2) is 0 Å². The molecule has 0 spiro atoms. The predicted molar refractivity (Wildman–Crippen MR) is 129 cm³/mol. The Balaban J connectivity index is 1.52. The molecule has 4 aromatic rings. The van der Waals surface area contributed by atoms with Gasteiger partial charge in [0.2, 0.25) is 3.79 Å². The fourth-order valence-electron chi connectivity index (χ4n) is 3.38. The van der Waals surface area contributed by atoms with Gasteiger partial charge in [0.25, 0.3) is 0 Å². The second-order valence-electron chi connectivity index (χ2n) is 7.23. The van der Waals surface area contributed by atoms with Crippen LogP contribution < -0.4 is 0 Å². The van der Waals surface area contributed by atoms with E-state index in [-0.39, 0.29) is 0 Å². The first kappa shape index (κ1) is 20.8. The molecule has 0 radical (unpaired) electrons. The van der Waals surface area contributed by atoms with Gasteiger partial charge in [-0.3, -0.25) is 0 Å². The maximum Gasteiger partial charge on any atom is 0.216 e. The average Bonchev–Trinajstić information content (AvgIpc) is 2.74. The van der Waals surface area contributed by atoms with Crippen molar-refractivity contribution in [2.45, 2.75) is 16.6 Å². The van der Waals surface area contributed by atoms with E-state index in [1.165, 1.54) is 27.5 Å². The summed E-state index contributed by atoms with van der Waals surface area (Å²) in [5.74, 6) is 6.56. The van der Waals surface area contributed by atoms with Crippen molar-refractivity contribution in [2.24, 2.45) is 0 Å². The van der Waals surface area contributed by atoms with Crippen LogP contribution in [0.25, 0.3) is 10.8 Å². The summed E-state index contributed by atoms with van der Waals surface area (Å²) in [6.45, 7) is 0. The lowest BCUT2D eigenvalue weighted by atomic mass is 9.99. The van der Waals surface area contributed by atoms with Gasteiger partial charge in [-0.2, -0.15) is 0 Å². The van der Waals surface area contributed by atoms with E-state index in [0.29, 0.717) is 5.56 Å². The van der Waals surface area contributed by atoms with Crippen LogP contribution in [0.5, 0.6) is 0 Å². The number of halogens is 3. The molecule has 0 saturated heterocycles. The molecule has 0 saturated carbocycles. The standard InChI is InChI=1S/C27H19Cl3/c28-27(29,30)26-15-11-22(12-16-26)17-23-10-14-24-13-9-21(18-25(24)19-23)8-4-7-20-5-2-1-3-6-20/h1-3,5-6,9-16,18-19H,7,17H2. The number of benzene rings is 4. The Hall–Kier alpha value is -2.43. The van der Waals surface area contributed by atoms with E-state index >= 15 is 0 Å². The Morgan fingerprint density at radius 2 is 1.33 bits per heavy atom. The van der Waals surface area contributed by atoms with Crippen LogP contribution in [0.3, 0.4) is 0 Å². The van der Waals surface area contributed by atoms with Crippen molar-refractivity contribution in [3.63, 3.8) is 0 Å². The molecule has 0 fully saturated rings. The molecule has 0 atom stereocenters. The normalized spacial score (nSPS) is 11.2. The van der Waals surface area contributed by atoms with E-state index < -0.39 is 3.79 Å². The number of rotatable bonds is 3. The Morgan fingerprint density at radius 1 is 0.633 bits per heavy atom. The lowest BCUT2D eigenvalue weighted by Gasteiger charge is -2.12. The first-order valence-corrected chi connectivity index (χ1v) is 10.8. The molecular weight excluding hydrogens is 431 g/mol. The van der Waals surface area contributed by atoms with Crippen LogP contribution in [0.1, 0.15) is 27.8 Å². The summed E-state index contributed by atoms with van der Waals surface area (Å²) in [5.41, 5.74) is 5.34. The maximum absolute atomic E-state index is 5.94. The van der Waals surface area contributed by atoms with Crippen LogP contribution >= 0.6 is 34.8 Å². The molecule has 0 N–H and O–H groups in total. The molecule has 0 aliphatic carbocycles. The topological polar surface area (TPSA) is 0 Å². The summed E-state index contributed by atoms with van der Waals surface area (Å²) in [6.07, 6.45) is 1.57. The van der Waals surface area contributed by atoms with E-state index in [9.17, 15) is 0 Å². The van der Waals surface area contributed by atoms with Crippen molar-refractivity contribution in [1.29, 1.82) is 0 Å². The van der Waals surface area contributed by atoms with E-state index in [1.807, 2.05) is 42.5 Å². The van der Waals surface area contributed by atoms with E-state index in [1.54, 1.807) is 0 Å². The van der Waals surface area contributed by atoms with Crippen molar-refractivity contribution in [2.75, 3.05) is 0 Å². The first-order valence-electron chi connectivity index (χ1n) is 9.69. The van der Waals surface area contributed by atoms with Gasteiger partial charge < -0.3 is 0 Å². The first-order chi connectivity index (χ1) is 14.5. The minimum Gasteiger partial charge on any atom is -0.0931 e. The third kappa shape index (κ3) is 5.38. The van der Waals surface area contributed by atoms with Crippen LogP contribution in [0.2, 0.25) is 0 Å². The van der Waals surface area contributed by atoms with Crippen LogP contribution in [0.4, 0.5) is 0 Å². The SMILES string of the molecule is ClC(Cl)(Cl)c1ccc(Cc2ccc3ccc(C#CCc4ccccc4)cc3c2)cc1. The van der Waals surface area contributed by atoms with Gasteiger partial charge in [-0.05, 0) is 46.0 Å². The maximum atomic E-state index is 5.94. The molecular formula is C27H19Cl3. The zero-order valence-electron chi connectivity index (χ0n) is 16.2.